The molecule has 0 rings (SSSR count). The van der Waals surface area contributed by atoms with Gasteiger partial charge in [-0.15, -0.1) is 0 Å². The van der Waals surface area contributed by atoms with Gasteiger partial charge in [0.1, 0.15) is 0 Å². The van der Waals surface area contributed by atoms with Gasteiger partial charge in [-0.2, -0.15) is 0 Å². The van der Waals surface area contributed by atoms with Crippen LogP contribution in [0.2, 0.25) is 0 Å². The molecule has 0 aliphatic rings. The molecule has 0 fully saturated rings. The van der Waals surface area contributed by atoms with Crippen molar-refractivity contribution in [3.63, 3.8) is 0 Å². The Balaban J connectivity index is -0.00000134. The molecule has 0 atom stereocenters. The second-order valence-electron chi connectivity index (χ2n) is 9.37. The SMILES string of the molecule is CCCCCCCCCCCCCCCCCCCCCCCCCCO.O=P(O)(O)O.[KH]. The molecule has 0 saturated heterocycles. The van der Waals surface area contributed by atoms with E-state index in [-0.39, 0.29) is 51.4 Å². The van der Waals surface area contributed by atoms with Crippen LogP contribution in [0.25, 0.3) is 0 Å². The molecule has 0 aromatic carbocycles. The molecule has 4 N–H and O–H groups in total. The van der Waals surface area contributed by atoms with E-state index in [4.69, 9.17) is 24.4 Å². The zero-order chi connectivity index (χ0) is 24.2. The first kappa shape index (κ1) is 39.2. The van der Waals surface area contributed by atoms with E-state index in [1.807, 2.05) is 0 Å². The van der Waals surface area contributed by atoms with Crippen LogP contribution in [0.15, 0.2) is 0 Å². The van der Waals surface area contributed by atoms with Gasteiger partial charge in [-0.25, -0.2) is 4.57 Å². The van der Waals surface area contributed by atoms with Crippen molar-refractivity contribution < 1.29 is 24.4 Å². The number of rotatable bonds is 24. The van der Waals surface area contributed by atoms with E-state index >= 15 is 0 Å². The third-order valence-corrected chi connectivity index (χ3v) is 6.01. The fraction of sp³-hybridized carbons (Fsp3) is 1.00. The van der Waals surface area contributed by atoms with Gasteiger partial charge in [0.2, 0.25) is 0 Å². The van der Waals surface area contributed by atoms with E-state index in [0.29, 0.717) is 6.61 Å². The van der Waals surface area contributed by atoms with Crippen LogP contribution in [-0.4, -0.2) is 77.8 Å². The number of hydrogen-bond donors (Lipinski definition) is 4. The van der Waals surface area contributed by atoms with Crippen molar-refractivity contribution >= 4 is 59.2 Å². The van der Waals surface area contributed by atoms with Gasteiger partial charge in [0, 0.05) is 6.61 Å². The maximum atomic E-state index is 8.88. The fourth-order valence-electron chi connectivity index (χ4n) is 4.07. The van der Waals surface area contributed by atoms with E-state index in [1.165, 1.54) is 148 Å². The molecule has 5 nitrogen and oxygen atoms in total. The first-order chi connectivity index (χ1) is 15.4. The van der Waals surface area contributed by atoms with Gasteiger partial charge in [-0.05, 0) is 6.42 Å². The zero-order valence-corrected chi connectivity index (χ0v) is 22.2. The van der Waals surface area contributed by atoms with Crippen molar-refractivity contribution in [2.24, 2.45) is 0 Å². The summed E-state index contributed by atoms with van der Waals surface area (Å²) < 4.78 is 8.88. The molecule has 33 heavy (non-hydrogen) atoms. The first-order valence-electron chi connectivity index (χ1n) is 13.8. The maximum absolute atomic E-state index is 8.88. The van der Waals surface area contributed by atoms with Gasteiger partial charge in [-0.3, -0.25) is 0 Å². The molecule has 0 bridgehead atoms. The Bertz CT molecular complexity index is 347. The summed E-state index contributed by atoms with van der Waals surface area (Å²) in [6, 6.07) is 0. The average molecular weight is 521 g/mol. The summed E-state index contributed by atoms with van der Waals surface area (Å²) in [5.41, 5.74) is 0. The predicted molar refractivity (Wildman–Crippen MR) is 145 cm³/mol. The normalized spacial score (nSPS) is 11.1. The van der Waals surface area contributed by atoms with Crippen molar-refractivity contribution in [2.75, 3.05) is 6.61 Å². The van der Waals surface area contributed by atoms with Gasteiger partial charge in [0.15, 0.2) is 0 Å². The summed E-state index contributed by atoms with van der Waals surface area (Å²) >= 11 is 0. The molecule has 0 aliphatic carbocycles. The first-order valence-corrected chi connectivity index (χ1v) is 15.4. The predicted octanol–water partition coefficient (Wildman–Crippen LogP) is 7.78. The summed E-state index contributed by atoms with van der Waals surface area (Å²) in [5, 5.41) is 8.74. The summed E-state index contributed by atoms with van der Waals surface area (Å²) in [6.45, 7) is 2.67. The van der Waals surface area contributed by atoms with Crippen molar-refractivity contribution in [3.8, 4) is 0 Å². The Kier molecular flexibility index (Phi) is 40.1. The van der Waals surface area contributed by atoms with Crippen LogP contribution in [0.4, 0.5) is 0 Å². The second kappa shape index (κ2) is 33.7. The number of phosphoric acid groups is 1. The van der Waals surface area contributed by atoms with Crippen LogP contribution < -0.4 is 0 Å². The molecule has 0 aromatic heterocycles. The third-order valence-electron chi connectivity index (χ3n) is 6.01. The zero-order valence-electron chi connectivity index (χ0n) is 21.3. The van der Waals surface area contributed by atoms with Crippen LogP contribution in [-0.2, 0) is 4.57 Å². The summed E-state index contributed by atoms with van der Waals surface area (Å²) in [4.78, 5) is 21.6. The number of unbranched alkanes of at least 4 members (excludes halogenated alkanes) is 23. The van der Waals surface area contributed by atoms with Crippen molar-refractivity contribution in [1.82, 2.24) is 0 Å². The van der Waals surface area contributed by atoms with Gasteiger partial charge in [-0.1, -0.05) is 155 Å². The monoisotopic (exact) mass is 520 g/mol. The van der Waals surface area contributed by atoms with Gasteiger partial charge in [0.25, 0.3) is 0 Å². The molecule has 0 spiro atoms. The topological polar surface area (TPSA) is 98.0 Å². The molecule has 198 valence electrons. The van der Waals surface area contributed by atoms with E-state index in [9.17, 15) is 0 Å². The van der Waals surface area contributed by atoms with Gasteiger partial charge < -0.3 is 19.8 Å². The Morgan fingerprint density at radius 3 is 0.727 bits per heavy atom. The summed E-state index contributed by atoms with van der Waals surface area (Å²) in [6.07, 6.45) is 34.1. The van der Waals surface area contributed by atoms with Crippen LogP contribution in [0.5, 0.6) is 0 Å². The Morgan fingerprint density at radius 2 is 0.576 bits per heavy atom. The number of hydrogen-bond acceptors (Lipinski definition) is 2. The molecular formula is C26H58KO5P. The Morgan fingerprint density at radius 1 is 0.424 bits per heavy atom. The second-order valence-corrected chi connectivity index (χ2v) is 10.4. The molecule has 7 heteroatoms. The third kappa shape index (κ3) is 51.3. The van der Waals surface area contributed by atoms with E-state index < -0.39 is 7.82 Å². The Hall–Kier alpha value is 1.71. The van der Waals surface area contributed by atoms with Gasteiger partial charge >= 0.3 is 59.2 Å². The number of aliphatic hydroxyl groups excluding tert-OH is 1. The molecular weight excluding hydrogens is 462 g/mol. The molecule has 0 amide bonds. The molecule has 0 unspecified atom stereocenters. The van der Waals surface area contributed by atoms with Crippen molar-refractivity contribution in [2.45, 2.75) is 161 Å². The van der Waals surface area contributed by atoms with Gasteiger partial charge in [0.05, 0.1) is 0 Å². The molecule has 0 radical (unpaired) electrons. The molecule has 0 aromatic rings. The van der Waals surface area contributed by atoms with E-state index in [2.05, 4.69) is 6.92 Å². The summed E-state index contributed by atoms with van der Waals surface area (Å²) in [5.74, 6) is 0. The fourth-order valence-corrected chi connectivity index (χ4v) is 4.07. The summed E-state index contributed by atoms with van der Waals surface area (Å²) in [7, 11) is -4.64. The Labute approximate surface area is 249 Å². The standard InChI is InChI=1S/C26H54O.K.H3O4P.H/c1-2-3-4-5-6-7-8-9-10-11-12-13-14-15-16-17-18-19-20-21-22-23-24-25-26-27;;1-5(2,3)4;/h27H,2-26H2,1H3;;(H3,1,2,3,4);. The molecule has 0 aliphatic heterocycles. The van der Waals surface area contributed by atoms with E-state index in [1.54, 1.807) is 0 Å². The van der Waals surface area contributed by atoms with Crippen LogP contribution in [0.1, 0.15) is 161 Å². The molecule has 0 heterocycles. The average Bonchev–Trinajstić information content (AvgIpc) is 2.73. The van der Waals surface area contributed by atoms with Crippen LogP contribution >= 0.6 is 7.82 Å². The van der Waals surface area contributed by atoms with E-state index in [0.717, 1.165) is 6.42 Å². The van der Waals surface area contributed by atoms with Crippen molar-refractivity contribution in [1.29, 1.82) is 0 Å². The van der Waals surface area contributed by atoms with Crippen molar-refractivity contribution in [3.05, 3.63) is 0 Å². The quantitative estimate of drug-likeness (QED) is 0.0591. The number of aliphatic hydroxyl groups is 1. The minimum absolute atomic E-state index is 0. The van der Waals surface area contributed by atoms with Crippen LogP contribution in [0.3, 0.4) is 0 Å². The minimum atomic E-state index is -4.64. The van der Waals surface area contributed by atoms with Crippen LogP contribution in [0, 0.1) is 0 Å². The molecule has 0 saturated carbocycles.